The third-order valence-electron chi connectivity index (χ3n) is 3.00. The largest absolute Gasteiger partial charge is 0.491 e. The molecule has 0 aliphatic rings. The number of benzene rings is 1. The van der Waals surface area contributed by atoms with Crippen molar-refractivity contribution in [2.75, 3.05) is 12.3 Å². The zero-order valence-electron chi connectivity index (χ0n) is 13.1. The van der Waals surface area contributed by atoms with Gasteiger partial charge in [0.25, 0.3) is 0 Å². The van der Waals surface area contributed by atoms with Crippen LogP contribution in [0.1, 0.15) is 37.6 Å². The van der Waals surface area contributed by atoms with Crippen molar-refractivity contribution in [3.05, 3.63) is 35.2 Å². The van der Waals surface area contributed by atoms with Crippen LogP contribution in [0.3, 0.4) is 0 Å². The van der Waals surface area contributed by atoms with Crippen molar-refractivity contribution < 1.29 is 14.3 Å². The Kier molecular flexibility index (Phi) is 5.44. The minimum absolute atomic E-state index is 0.127. The summed E-state index contributed by atoms with van der Waals surface area (Å²) < 4.78 is 10.8. The van der Waals surface area contributed by atoms with Gasteiger partial charge in [-0.3, -0.25) is 0 Å². The Morgan fingerprint density at radius 3 is 2.55 bits per heavy atom. The zero-order valence-corrected chi connectivity index (χ0v) is 13.9. The molecule has 1 aromatic carbocycles. The SMILES string of the molecule is CCCOC(=O)c1c(-c2ccc(OC(C)C)cc2)csc1N. The van der Waals surface area contributed by atoms with Gasteiger partial charge in [-0.2, -0.15) is 0 Å². The molecule has 0 aliphatic carbocycles. The fourth-order valence-corrected chi connectivity index (χ4v) is 2.86. The third-order valence-corrected chi connectivity index (χ3v) is 3.81. The minimum Gasteiger partial charge on any atom is -0.491 e. The van der Waals surface area contributed by atoms with Crippen LogP contribution in [0.15, 0.2) is 29.6 Å². The molecule has 0 atom stereocenters. The van der Waals surface area contributed by atoms with E-state index in [9.17, 15) is 4.79 Å². The number of nitrogen functional groups attached to an aromatic ring is 1. The van der Waals surface area contributed by atoms with E-state index in [0.717, 1.165) is 23.3 Å². The fourth-order valence-electron chi connectivity index (χ4n) is 2.05. The van der Waals surface area contributed by atoms with Crippen LogP contribution in [0.2, 0.25) is 0 Å². The van der Waals surface area contributed by atoms with E-state index in [1.807, 2.05) is 50.4 Å². The molecule has 0 radical (unpaired) electrons. The summed E-state index contributed by atoms with van der Waals surface area (Å²) in [6.45, 7) is 6.32. The topological polar surface area (TPSA) is 61.5 Å². The van der Waals surface area contributed by atoms with E-state index in [2.05, 4.69) is 0 Å². The van der Waals surface area contributed by atoms with Gasteiger partial charge in [-0.15, -0.1) is 11.3 Å². The summed E-state index contributed by atoms with van der Waals surface area (Å²) in [6.07, 6.45) is 0.911. The summed E-state index contributed by atoms with van der Waals surface area (Å²) in [7, 11) is 0. The van der Waals surface area contributed by atoms with E-state index >= 15 is 0 Å². The average Bonchev–Trinajstić information content (AvgIpc) is 2.87. The van der Waals surface area contributed by atoms with Crippen LogP contribution in [-0.4, -0.2) is 18.7 Å². The van der Waals surface area contributed by atoms with E-state index in [1.165, 1.54) is 11.3 Å². The van der Waals surface area contributed by atoms with Crippen molar-refractivity contribution in [3.8, 4) is 16.9 Å². The molecule has 0 unspecified atom stereocenters. The van der Waals surface area contributed by atoms with E-state index in [-0.39, 0.29) is 12.1 Å². The number of anilines is 1. The molecule has 0 bridgehead atoms. The Balaban J connectivity index is 2.27. The number of thiophene rings is 1. The van der Waals surface area contributed by atoms with Crippen molar-refractivity contribution >= 4 is 22.3 Å². The summed E-state index contributed by atoms with van der Waals surface area (Å²) in [5.74, 6) is 0.440. The minimum atomic E-state index is -0.363. The number of rotatable bonds is 6. The predicted molar refractivity (Wildman–Crippen MR) is 90.5 cm³/mol. The van der Waals surface area contributed by atoms with Crippen LogP contribution in [0.5, 0.6) is 5.75 Å². The molecule has 2 rings (SSSR count). The summed E-state index contributed by atoms with van der Waals surface area (Å²) in [6, 6.07) is 7.64. The van der Waals surface area contributed by atoms with E-state index in [4.69, 9.17) is 15.2 Å². The maximum absolute atomic E-state index is 12.2. The Morgan fingerprint density at radius 2 is 1.95 bits per heavy atom. The summed E-state index contributed by atoms with van der Waals surface area (Å²) >= 11 is 1.35. The van der Waals surface area contributed by atoms with Crippen molar-refractivity contribution in [2.24, 2.45) is 0 Å². The average molecular weight is 319 g/mol. The molecule has 4 nitrogen and oxygen atoms in total. The first-order valence-electron chi connectivity index (χ1n) is 7.34. The number of carbonyl (C=O) groups is 1. The van der Waals surface area contributed by atoms with Crippen molar-refractivity contribution in [3.63, 3.8) is 0 Å². The molecule has 118 valence electrons. The van der Waals surface area contributed by atoms with Gasteiger partial charge in [0.1, 0.15) is 16.3 Å². The van der Waals surface area contributed by atoms with Gasteiger partial charge >= 0.3 is 5.97 Å². The van der Waals surface area contributed by atoms with Gasteiger partial charge in [0.05, 0.1) is 12.7 Å². The number of nitrogens with two attached hydrogens (primary N) is 1. The first kappa shape index (κ1) is 16.4. The molecule has 0 amide bonds. The Bertz CT molecular complexity index is 632. The standard InChI is InChI=1S/C17H21NO3S/c1-4-9-20-17(19)15-14(10-22-16(15)18)12-5-7-13(8-6-12)21-11(2)3/h5-8,10-11H,4,9,18H2,1-3H3. The summed E-state index contributed by atoms with van der Waals surface area (Å²) in [4.78, 5) is 12.2. The molecule has 0 saturated carbocycles. The molecule has 0 fully saturated rings. The van der Waals surface area contributed by atoms with Crippen LogP contribution in [0.25, 0.3) is 11.1 Å². The van der Waals surface area contributed by atoms with Crippen LogP contribution in [0.4, 0.5) is 5.00 Å². The predicted octanol–water partition coefficient (Wildman–Crippen LogP) is 4.35. The highest BCUT2D eigenvalue weighted by atomic mass is 32.1. The first-order chi connectivity index (χ1) is 10.5. The number of carbonyl (C=O) groups excluding carboxylic acids is 1. The highest BCUT2D eigenvalue weighted by Gasteiger charge is 2.19. The number of ether oxygens (including phenoxy) is 2. The lowest BCUT2D eigenvalue weighted by Gasteiger charge is -2.10. The fraction of sp³-hybridized carbons (Fsp3) is 0.353. The van der Waals surface area contributed by atoms with Gasteiger partial charge in [0.15, 0.2) is 0 Å². The second kappa shape index (κ2) is 7.31. The van der Waals surface area contributed by atoms with Crippen molar-refractivity contribution in [1.29, 1.82) is 0 Å². The Hall–Kier alpha value is -2.01. The van der Waals surface area contributed by atoms with Crippen LogP contribution in [0, 0.1) is 0 Å². The Labute approximate surface area is 134 Å². The van der Waals surface area contributed by atoms with E-state index in [0.29, 0.717) is 17.2 Å². The molecule has 0 aliphatic heterocycles. The summed E-state index contributed by atoms with van der Waals surface area (Å²) in [5.41, 5.74) is 8.12. The third kappa shape index (κ3) is 3.80. The lowest BCUT2D eigenvalue weighted by Crippen LogP contribution is -2.08. The lowest BCUT2D eigenvalue weighted by atomic mass is 10.0. The molecule has 0 spiro atoms. The van der Waals surface area contributed by atoms with Gasteiger partial charge in [-0.1, -0.05) is 19.1 Å². The van der Waals surface area contributed by atoms with Gasteiger partial charge in [0, 0.05) is 10.9 Å². The van der Waals surface area contributed by atoms with E-state index in [1.54, 1.807) is 0 Å². The molecule has 5 heteroatoms. The second-order valence-corrected chi connectivity index (χ2v) is 6.13. The van der Waals surface area contributed by atoms with Crippen LogP contribution in [-0.2, 0) is 4.74 Å². The van der Waals surface area contributed by atoms with Gasteiger partial charge in [0.2, 0.25) is 0 Å². The molecule has 2 aromatic rings. The summed E-state index contributed by atoms with van der Waals surface area (Å²) in [5, 5.41) is 2.37. The molecule has 1 heterocycles. The van der Waals surface area contributed by atoms with Gasteiger partial charge < -0.3 is 15.2 Å². The van der Waals surface area contributed by atoms with Crippen LogP contribution < -0.4 is 10.5 Å². The first-order valence-corrected chi connectivity index (χ1v) is 8.22. The highest BCUT2D eigenvalue weighted by molar-refractivity contribution is 7.14. The van der Waals surface area contributed by atoms with Gasteiger partial charge in [-0.05, 0) is 38.0 Å². The van der Waals surface area contributed by atoms with E-state index < -0.39 is 0 Å². The quantitative estimate of drug-likeness (QED) is 0.804. The second-order valence-electron chi connectivity index (χ2n) is 5.22. The smallest absolute Gasteiger partial charge is 0.341 e. The molecule has 1 aromatic heterocycles. The number of esters is 1. The molecule has 2 N–H and O–H groups in total. The van der Waals surface area contributed by atoms with Crippen LogP contribution >= 0.6 is 11.3 Å². The zero-order chi connectivity index (χ0) is 16.1. The highest BCUT2D eigenvalue weighted by Crippen LogP contribution is 2.35. The lowest BCUT2D eigenvalue weighted by molar-refractivity contribution is 0.0508. The van der Waals surface area contributed by atoms with Crippen molar-refractivity contribution in [2.45, 2.75) is 33.3 Å². The number of hydrogen-bond acceptors (Lipinski definition) is 5. The molecule has 22 heavy (non-hydrogen) atoms. The molecular formula is C17H21NO3S. The monoisotopic (exact) mass is 319 g/mol. The maximum atomic E-state index is 12.2. The number of hydrogen-bond donors (Lipinski definition) is 1. The molecular weight excluding hydrogens is 298 g/mol. The van der Waals surface area contributed by atoms with Crippen molar-refractivity contribution in [1.82, 2.24) is 0 Å². The van der Waals surface area contributed by atoms with Gasteiger partial charge in [-0.25, -0.2) is 4.79 Å². The molecule has 0 saturated heterocycles. The Morgan fingerprint density at radius 1 is 1.27 bits per heavy atom. The normalized spacial score (nSPS) is 10.7. The maximum Gasteiger partial charge on any atom is 0.341 e.